The van der Waals surface area contributed by atoms with E-state index in [1.807, 2.05) is 6.92 Å². The third kappa shape index (κ3) is 4.73. The van der Waals surface area contributed by atoms with E-state index in [1.54, 1.807) is 14.0 Å². The Bertz CT molecular complexity index is 268. The highest BCUT2D eigenvalue weighted by Gasteiger charge is 2.20. The SMILES string of the molecule is CCNC(=O)CN(C)C(=O)C(C)C(N)=S. The summed E-state index contributed by atoms with van der Waals surface area (Å²) in [6.07, 6.45) is 0. The molecule has 0 aliphatic heterocycles. The summed E-state index contributed by atoms with van der Waals surface area (Å²) in [6.45, 7) is 4.02. The third-order valence-electron chi connectivity index (χ3n) is 1.93. The molecule has 1 atom stereocenters. The number of nitrogens with two attached hydrogens (primary N) is 1. The van der Waals surface area contributed by atoms with E-state index in [2.05, 4.69) is 5.32 Å². The second kappa shape index (κ2) is 6.34. The van der Waals surface area contributed by atoms with Gasteiger partial charge in [0.25, 0.3) is 0 Å². The van der Waals surface area contributed by atoms with Crippen molar-refractivity contribution < 1.29 is 9.59 Å². The van der Waals surface area contributed by atoms with Gasteiger partial charge in [0.2, 0.25) is 11.8 Å². The van der Waals surface area contributed by atoms with Crippen LogP contribution >= 0.6 is 12.2 Å². The van der Waals surface area contributed by atoms with Crippen LogP contribution in [-0.4, -0.2) is 41.8 Å². The van der Waals surface area contributed by atoms with Crippen molar-refractivity contribution in [2.45, 2.75) is 13.8 Å². The van der Waals surface area contributed by atoms with Crippen molar-refractivity contribution in [3.05, 3.63) is 0 Å². The Hall–Kier alpha value is -1.17. The first kappa shape index (κ1) is 13.8. The molecular weight excluding hydrogens is 214 g/mol. The standard InChI is InChI=1S/C9H17N3O2S/c1-4-11-7(13)5-12(3)9(14)6(2)8(10)15/h6H,4-5H2,1-3H3,(H2,10,15)(H,11,13). The van der Waals surface area contributed by atoms with E-state index in [0.29, 0.717) is 6.54 Å². The van der Waals surface area contributed by atoms with Gasteiger partial charge in [-0.15, -0.1) is 0 Å². The number of nitrogens with zero attached hydrogens (tertiary/aromatic N) is 1. The van der Waals surface area contributed by atoms with Crippen LogP contribution in [0.2, 0.25) is 0 Å². The van der Waals surface area contributed by atoms with Crippen LogP contribution in [0.25, 0.3) is 0 Å². The molecule has 6 heteroatoms. The van der Waals surface area contributed by atoms with Gasteiger partial charge in [0.1, 0.15) is 0 Å². The Morgan fingerprint density at radius 1 is 1.53 bits per heavy atom. The maximum absolute atomic E-state index is 11.6. The minimum atomic E-state index is -0.528. The molecule has 0 aromatic carbocycles. The summed E-state index contributed by atoms with van der Waals surface area (Å²) in [5.41, 5.74) is 5.35. The zero-order chi connectivity index (χ0) is 12.0. The highest BCUT2D eigenvalue weighted by molar-refractivity contribution is 7.80. The Labute approximate surface area is 95.0 Å². The van der Waals surface area contributed by atoms with Crippen LogP contribution < -0.4 is 11.1 Å². The van der Waals surface area contributed by atoms with E-state index < -0.39 is 5.92 Å². The average molecular weight is 231 g/mol. The zero-order valence-electron chi connectivity index (χ0n) is 9.24. The molecule has 0 radical (unpaired) electrons. The summed E-state index contributed by atoms with van der Waals surface area (Å²) in [6, 6.07) is 0. The quantitative estimate of drug-likeness (QED) is 0.626. The van der Waals surface area contributed by atoms with Gasteiger partial charge in [-0.1, -0.05) is 12.2 Å². The molecule has 0 aliphatic carbocycles. The second-order valence-corrected chi connectivity index (χ2v) is 3.74. The van der Waals surface area contributed by atoms with Crippen molar-refractivity contribution in [3.63, 3.8) is 0 Å². The van der Waals surface area contributed by atoms with Crippen molar-refractivity contribution in [1.82, 2.24) is 10.2 Å². The highest BCUT2D eigenvalue weighted by Crippen LogP contribution is 2.00. The first-order chi connectivity index (χ1) is 6.90. The monoisotopic (exact) mass is 231 g/mol. The van der Waals surface area contributed by atoms with E-state index in [1.165, 1.54) is 4.90 Å². The Morgan fingerprint density at radius 3 is 2.47 bits per heavy atom. The number of thiocarbonyl (C=S) groups is 1. The van der Waals surface area contributed by atoms with E-state index in [4.69, 9.17) is 18.0 Å². The van der Waals surface area contributed by atoms with Gasteiger partial charge in [0.05, 0.1) is 17.5 Å². The van der Waals surface area contributed by atoms with Gasteiger partial charge < -0.3 is 16.0 Å². The molecule has 0 bridgehead atoms. The molecule has 86 valence electrons. The Morgan fingerprint density at radius 2 is 2.07 bits per heavy atom. The summed E-state index contributed by atoms with van der Waals surface area (Å²) in [5.74, 6) is -0.961. The lowest BCUT2D eigenvalue weighted by Crippen LogP contribution is -2.43. The first-order valence-corrected chi connectivity index (χ1v) is 5.12. The lowest BCUT2D eigenvalue weighted by Gasteiger charge is -2.20. The van der Waals surface area contributed by atoms with Gasteiger partial charge in [-0.25, -0.2) is 0 Å². The largest absolute Gasteiger partial charge is 0.393 e. The topological polar surface area (TPSA) is 75.4 Å². The van der Waals surface area contributed by atoms with Gasteiger partial charge in [0.15, 0.2) is 0 Å². The van der Waals surface area contributed by atoms with Crippen molar-refractivity contribution in [2.75, 3.05) is 20.1 Å². The Balaban J connectivity index is 4.21. The highest BCUT2D eigenvalue weighted by atomic mass is 32.1. The second-order valence-electron chi connectivity index (χ2n) is 3.27. The predicted octanol–water partition coefficient (Wildman–Crippen LogP) is -0.497. The van der Waals surface area contributed by atoms with Crippen molar-refractivity contribution in [1.29, 1.82) is 0 Å². The van der Waals surface area contributed by atoms with E-state index in [-0.39, 0.29) is 23.3 Å². The number of hydrogen-bond donors (Lipinski definition) is 2. The lowest BCUT2D eigenvalue weighted by atomic mass is 10.1. The predicted molar refractivity (Wildman–Crippen MR) is 62.3 cm³/mol. The van der Waals surface area contributed by atoms with Crippen LogP contribution in [0.4, 0.5) is 0 Å². The van der Waals surface area contributed by atoms with Crippen LogP contribution in [0.3, 0.4) is 0 Å². The van der Waals surface area contributed by atoms with Gasteiger partial charge in [-0.3, -0.25) is 9.59 Å². The van der Waals surface area contributed by atoms with Crippen molar-refractivity contribution in [3.8, 4) is 0 Å². The molecule has 3 N–H and O–H groups in total. The van der Waals surface area contributed by atoms with Crippen LogP contribution in [0.15, 0.2) is 0 Å². The van der Waals surface area contributed by atoms with Crippen LogP contribution in [0.1, 0.15) is 13.8 Å². The molecule has 0 aromatic rings. The fraction of sp³-hybridized carbons (Fsp3) is 0.667. The first-order valence-electron chi connectivity index (χ1n) is 4.71. The molecule has 0 aromatic heterocycles. The molecule has 0 rings (SSSR count). The van der Waals surface area contributed by atoms with Crippen molar-refractivity contribution >= 4 is 29.0 Å². The number of rotatable bonds is 5. The number of nitrogens with one attached hydrogen (secondary N) is 1. The smallest absolute Gasteiger partial charge is 0.239 e. The molecular formula is C9H17N3O2S. The zero-order valence-corrected chi connectivity index (χ0v) is 10.1. The van der Waals surface area contributed by atoms with Gasteiger partial charge in [0, 0.05) is 13.6 Å². The van der Waals surface area contributed by atoms with E-state index in [0.717, 1.165) is 0 Å². The van der Waals surface area contributed by atoms with Crippen LogP contribution in [0.5, 0.6) is 0 Å². The molecule has 0 fully saturated rings. The number of carbonyl (C=O) groups excluding carboxylic acids is 2. The van der Waals surface area contributed by atoms with E-state index in [9.17, 15) is 9.59 Å². The molecule has 0 heterocycles. The number of amides is 2. The summed E-state index contributed by atoms with van der Waals surface area (Å²) in [4.78, 5) is 24.2. The van der Waals surface area contributed by atoms with Gasteiger partial charge in [-0.2, -0.15) is 0 Å². The summed E-state index contributed by atoms with van der Waals surface area (Å²) < 4.78 is 0. The molecule has 0 spiro atoms. The van der Waals surface area contributed by atoms with Crippen LogP contribution in [-0.2, 0) is 9.59 Å². The number of hydrogen-bond acceptors (Lipinski definition) is 3. The fourth-order valence-corrected chi connectivity index (χ4v) is 1.10. The van der Waals surface area contributed by atoms with Crippen LogP contribution in [0, 0.1) is 5.92 Å². The minimum absolute atomic E-state index is 0.0274. The van der Waals surface area contributed by atoms with Gasteiger partial charge in [-0.05, 0) is 13.8 Å². The summed E-state index contributed by atoms with van der Waals surface area (Å²) >= 11 is 4.71. The maximum atomic E-state index is 11.6. The number of likely N-dealkylation sites (N-methyl/N-ethyl adjacent to an activating group) is 2. The normalized spacial score (nSPS) is 11.7. The molecule has 2 amide bonds. The molecule has 0 saturated carbocycles. The molecule has 0 aliphatic rings. The lowest BCUT2D eigenvalue weighted by molar-refractivity contribution is -0.135. The van der Waals surface area contributed by atoms with E-state index >= 15 is 0 Å². The third-order valence-corrected chi connectivity index (χ3v) is 2.28. The Kier molecular flexibility index (Phi) is 5.84. The summed E-state index contributed by atoms with van der Waals surface area (Å²) in [5, 5.41) is 2.60. The maximum Gasteiger partial charge on any atom is 0.239 e. The van der Waals surface area contributed by atoms with Gasteiger partial charge >= 0.3 is 0 Å². The average Bonchev–Trinajstić information content (AvgIpc) is 2.15. The van der Waals surface area contributed by atoms with Crippen molar-refractivity contribution in [2.24, 2.45) is 11.7 Å². The molecule has 5 nitrogen and oxygen atoms in total. The summed E-state index contributed by atoms with van der Waals surface area (Å²) in [7, 11) is 1.55. The fourth-order valence-electron chi connectivity index (χ4n) is 0.999. The number of carbonyl (C=O) groups is 2. The minimum Gasteiger partial charge on any atom is -0.393 e. The molecule has 15 heavy (non-hydrogen) atoms. The molecule has 0 saturated heterocycles. The molecule has 1 unspecified atom stereocenters.